The van der Waals surface area contributed by atoms with E-state index in [1.54, 1.807) is 6.07 Å². The zero-order valence-corrected chi connectivity index (χ0v) is 19.4. The lowest BCUT2D eigenvalue weighted by Gasteiger charge is -2.40. The Morgan fingerprint density at radius 2 is 1.74 bits per heavy atom. The highest BCUT2D eigenvalue weighted by atomic mass is 35.5. The fraction of sp³-hybridized carbons (Fsp3) is 0.429. The number of anilines is 1. The van der Waals surface area contributed by atoms with Gasteiger partial charge in [0.2, 0.25) is 0 Å². The number of nitrogens with zero attached hydrogens (tertiary/aromatic N) is 2. The van der Waals surface area contributed by atoms with Crippen molar-refractivity contribution in [2.24, 2.45) is 0 Å². The van der Waals surface area contributed by atoms with Crippen molar-refractivity contribution in [2.75, 3.05) is 42.6 Å². The molecule has 2 aliphatic heterocycles. The van der Waals surface area contributed by atoms with Crippen molar-refractivity contribution in [1.82, 2.24) is 4.90 Å². The Morgan fingerprint density at radius 3 is 2.39 bits per heavy atom. The number of rotatable bonds is 4. The normalized spacial score (nSPS) is 24.4. The second-order valence-corrected chi connectivity index (χ2v) is 12.9. The standard InChI is InChI=1S/C21H24ClFN2O4S2/c1-15-11-18(5-6-19(15)23)31(28,29)21-14-30(26,27)13-20(21)25-9-7-24(8-10-25)17-4-2-3-16(22)12-17/h2-6,11-12,20-21H,7-10,13-14H2,1H3. The molecule has 2 heterocycles. The van der Waals surface area contributed by atoms with Crippen molar-refractivity contribution in [2.45, 2.75) is 23.1 Å². The van der Waals surface area contributed by atoms with Crippen molar-refractivity contribution in [3.05, 3.63) is 58.9 Å². The average Bonchev–Trinajstić information content (AvgIpc) is 3.06. The van der Waals surface area contributed by atoms with Crippen LogP contribution in [0.25, 0.3) is 0 Å². The van der Waals surface area contributed by atoms with E-state index in [0.29, 0.717) is 31.2 Å². The molecule has 4 rings (SSSR count). The molecule has 6 nitrogen and oxygen atoms in total. The highest BCUT2D eigenvalue weighted by molar-refractivity contribution is 7.96. The number of halogens is 2. The van der Waals surface area contributed by atoms with Crippen molar-refractivity contribution in [3.8, 4) is 0 Å². The summed E-state index contributed by atoms with van der Waals surface area (Å²) in [7, 11) is -7.44. The number of hydrogen-bond acceptors (Lipinski definition) is 6. The second kappa shape index (κ2) is 8.35. The number of hydrogen-bond donors (Lipinski definition) is 0. The lowest BCUT2D eigenvalue weighted by atomic mass is 10.1. The summed E-state index contributed by atoms with van der Waals surface area (Å²) in [6.45, 7) is 3.85. The van der Waals surface area contributed by atoms with Gasteiger partial charge in [-0.2, -0.15) is 0 Å². The van der Waals surface area contributed by atoms with Gasteiger partial charge in [0.1, 0.15) is 5.82 Å². The topological polar surface area (TPSA) is 74.8 Å². The van der Waals surface area contributed by atoms with Gasteiger partial charge in [0.25, 0.3) is 0 Å². The predicted octanol–water partition coefficient (Wildman–Crippen LogP) is 2.55. The maximum Gasteiger partial charge on any atom is 0.183 e. The Kier molecular flexibility index (Phi) is 6.06. The van der Waals surface area contributed by atoms with Crippen LogP contribution in [0.2, 0.25) is 5.02 Å². The molecule has 0 amide bonds. The summed E-state index contributed by atoms with van der Waals surface area (Å²) < 4.78 is 65.2. The maximum absolute atomic E-state index is 13.6. The molecule has 0 saturated carbocycles. The first-order valence-electron chi connectivity index (χ1n) is 10.0. The van der Waals surface area contributed by atoms with Crippen LogP contribution < -0.4 is 4.90 Å². The summed E-state index contributed by atoms with van der Waals surface area (Å²) in [5.41, 5.74) is 1.20. The summed E-state index contributed by atoms with van der Waals surface area (Å²) in [5.74, 6) is -1.09. The molecule has 31 heavy (non-hydrogen) atoms. The fourth-order valence-corrected chi connectivity index (χ4v) is 9.48. The van der Waals surface area contributed by atoms with E-state index >= 15 is 0 Å². The van der Waals surface area contributed by atoms with Crippen LogP contribution in [-0.4, -0.2) is 70.7 Å². The van der Waals surface area contributed by atoms with Crippen LogP contribution in [0, 0.1) is 12.7 Å². The van der Waals surface area contributed by atoms with Gasteiger partial charge in [-0.1, -0.05) is 17.7 Å². The molecule has 2 aromatic carbocycles. The molecular weight excluding hydrogens is 463 g/mol. The lowest BCUT2D eigenvalue weighted by Crippen LogP contribution is -2.55. The summed E-state index contributed by atoms with van der Waals surface area (Å²) in [6.07, 6.45) is 0. The maximum atomic E-state index is 13.6. The van der Waals surface area contributed by atoms with Gasteiger partial charge < -0.3 is 4.90 Å². The zero-order valence-electron chi connectivity index (χ0n) is 17.0. The van der Waals surface area contributed by atoms with Crippen LogP contribution in [-0.2, 0) is 19.7 Å². The second-order valence-electron chi connectivity index (χ2n) is 8.14. The summed E-state index contributed by atoms with van der Waals surface area (Å²) in [5, 5.41) is -0.428. The summed E-state index contributed by atoms with van der Waals surface area (Å²) in [4.78, 5) is 4.08. The molecule has 0 N–H and O–H groups in total. The van der Waals surface area contributed by atoms with Gasteiger partial charge in [-0.25, -0.2) is 21.2 Å². The number of benzene rings is 2. The number of sulfone groups is 2. The molecule has 2 fully saturated rings. The average molecular weight is 487 g/mol. The minimum absolute atomic E-state index is 0.0314. The molecule has 0 bridgehead atoms. The monoisotopic (exact) mass is 486 g/mol. The molecule has 0 spiro atoms. The van der Waals surface area contributed by atoms with E-state index in [2.05, 4.69) is 4.90 Å². The molecule has 168 valence electrons. The Labute approximate surface area is 187 Å². The van der Waals surface area contributed by atoms with Gasteiger partial charge in [-0.3, -0.25) is 4.90 Å². The van der Waals surface area contributed by atoms with Crippen LogP contribution in [0.1, 0.15) is 5.56 Å². The van der Waals surface area contributed by atoms with Crippen molar-refractivity contribution in [1.29, 1.82) is 0 Å². The van der Waals surface area contributed by atoms with E-state index < -0.39 is 42.5 Å². The molecule has 2 atom stereocenters. The minimum Gasteiger partial charge on any atom is -0.369 e. The first-order chi connectivity index (χ1) is 14.6. The third kappa shape index (κ3) is 4.60. The molecule has 2 aliphatic rings. The van der Waals surface area contributed by atoms with Crippen LogP contribution in [0.15, 0.2) is 47.4 Å². The highest BCUT2D eigenvalue weighted by Gasteiger charge is 2.48. The van der Waals surface area contributed by atoms with Crippen LogP contribution in [0.4, 0.5) is 10.1 Å². The largest absolute Gasteiger partial charge is 0.369 e. The Morgan fingerprint density at radius 1 is 1.03 bits per heavy atom. The molecular formula is C21H24ClFN2O4S2. The van der Waals surface area contributed by atoms with Gasteiger partial charge in [0.05, 0.1) is 21.7 Å². The molecule has 2 unspecified atom stereocenters. The van der Waals surface area contributed by atoms with E-state index in [9.17, 15) is 21.2 Å². The van der Waals surface area contributed by atoms with Crippen molar-refractivity contribution in [3.63, 3.8) is 0 Å². The number of aryl methyl sites for hydroxylation is 1. The van der Waals surface area contributed by atoms with Gasteiger partial charge >= 0.3 is 0 Å². The Balaban J connectivity index is 1.56. The van der Waals surface area contributed by atoms with E-state index in [4.69, 9.17) is 11.6 Å². The van der Waals surface area contributed by atoms with E-state index in [1.165, 1.54) is 19.1 Å². The highest BCUT2D eigenvalue weighted by Crippen LogP contribution is 2.31. The van der Waals surface area contributed by atoms with Gasteiger partial charge in [-0.05, 0) is 48.9 Å². The van der Waals surface area contributed by atoms with Gasteiger partial charge in [0.15, 0.2) is 19.7 Å². The fourth-order valence-electron chi connectivity index (χ4n) is 4.39. The molecule has 10 heteroatoms. The SMILES string of the molecule is Cc1cc(S(=O)(=O)C2CS(=O)(=O)CC2N2CCN(c3cccc(Cl)c3)CC2)ccc1F. The quantitative estimate of drug-likeness (QED) is 0.618. The third-order valence-electron chi connectivity index (χ3n) is 6.09. The smallest absolute Gasteiger partial charge is 0.183 e. The molecule has 0 aromatic heterocycles. The first kappa shape index (κ1) is 22.5. The van der Waals surface area contributed by atoms with E-state index in [1.807, 2.05) is 23.1 Å². The van der Waals surface area contributed by atoms with Gasteiger partial charge in [-0.15, -0.1) is 0 Å². The minimum atomic E-state index is -3.94. The van der Waals surface area contributed by atoms with Crippen LogP contribution >= 0.6 is 11.6 Å². The molecule has 2 aromatic rings. The summed E-state index contributed by atoms with van der Waals surface area (Å²) >= 11 is 6.08. The Bertz CT molecular complexity index is 1200. The third-order valence-corrected chi connectivity index (χ3v) is 10.4. The van der Waals surface area contributed by atoms with Crippen LogP contribution in [0.3, 0.4) is 0 Å². The Hall–Kier alpha value is -1.68. The number of piperazine rings is 1. The molecule has 2 saturated heterocycles. The van der Waals surface area contributed by atoms with Gasteiger partial charge in [0, 0.05) is 42.9 Å². The van der Waals surface area contributed by atoms with Crippen LogP contribution in [0.5, 0.6) is 0 Å². The van der Waals surface area contributed by atoms with Crippen molar-refractivity contribution < 1.29 is 21.2 Å². The predicted molar refractivity (Wildman–Crippen MR) is 120 cm³/mol. The molecule has 0 aliphatic carbocycles. The van der Waals surface area contributed by atoms with Crippen molar-refractivity contribution >= 4 is 37.0 Å². The van der Waals surface area contributed by atoms with E-state index in [-0.39, 0.29) is 16.2 Å². The zero-order chi connectivity index (χ0) is 22.4. The summed E-state index contributed by atoms with van der Waals surface area (Å²) in [6, 6.07) is 10.5. The molecule has 0 radical (unpaired) electrons. The first-order valence-corrected chi connectivity index (χ1v) is 13.8. The lowest BCUT2D eigenvalue weighted by molar-refractivity contribution is 0.201. The van der Waals surface area contributed by atoms with E-state index in [0.717, 1.165) is 11.8 Å².